The quantitative estimate of drug-likeness (QED) is 0.586. The van der Waals surface area contributed by atoms with Gasteiger partial charge in [-0.3, -0.25) is 0 Å². The van der Waals surface area contributed by atoms with E-state index >= 15 is 0 Å². The molecule has 0 aliphatic carbocycles. The highest BCUT2D eigenvalue weighted by Gasteiger charge is 2.24. The average Bonchev–Trinajstić information content (AvgIpc) is 2.19. The summed E-state index contributed by atoms with van der Waals surface area (Å²) in [5, 5.41) is 0. The topological polar surface area (TPSA) is 83.9 Å². The molecule has 0 saturated heterocycles. The van der Waals surface area contributed by atoms with Crippen molar-refractivity contribution < 1.29 is 18.0 Å². The predicted octanol–water partition coefficient (Wildman–Crippen LogP) is 1.22. The van der Waals surface area contributed by atoms with Crippen LogP contribution >= 0.6 is 0 Å². The van der Waals surface area contributed by atoms with Gasteiger partial charge in [-0.15, -0.1) is 4.99 Å². The van der Waals surface area contributed by atoms with E-state index in [0.717, 1.165) is 17.9 Å². The molecule has 1 aromatic carbocycles. The van der Waals surface area contributed by atoms with Crippen molar-refractivity contribution >= 4 is 27.8 Å². The lowest BCUT2D eigenvalue weighted by Gasteiger charge is -2.17. The summed E-state index contributed by atoms with van der Waals surface area (Å²) in [5.41, 5.74) is 1.04. The van der Waals surface area contributed by atoms with Gasteiger partial charge in [-0.25, -0.2) is 18.0 Å². The number of urea groups is 1. The first-order chi connectivity index (χ1) is 7.86. The van der Waals surface area contributed by atoms with E-state index < -0.39 is 16.1 Å². The van der Waals surface area contributed by atoms with Crippen LogP contribution in [-0.2, 0) is 14.8 Å². The average molecular weight is 254 g/mol. The van der Waals surface area contributed by atoms with E-state index in [4.69, 9.17) is 0 Å². The van der Waals surface area contributed by atoms with Crippen LogP contribution in [0, 0.1) is 6.92 Å². The summed E-state index contributed by atoms with van der Waals surface area (Å²) in [4.78, 5) is 24.2. The van der Waals surface area contributed by atoms with E-state index in [1.165, 1.54) is 12.1 Å². The molecule has 0 fully saturated rings. The van der Waals surface area contributed by atoms with Crippen molar-refractivity contribution in [2.45, 2.75) is 6.92 Å². The maximum Gasteiger partial charge on any atom is 0.372 e. The second-order valence-electron chi connectivity index (χ2n) is 3.35. The third kappa shape index (κ3) is 3.24. The van der Waals surface area contributed by atoms with Gasteiger partial charge in [0.1, 0.15) is 0 Å². The van der Waals surface area contributed by atoms with E-state index in [2.05, 4.69) is 4.99 Å². The van der Waals surface area contributed by atoms with E-state index in [0.29, 0.717) is 4.31 Å². The molecule has 1 aromatic rings. The van der Waals surface area contributed by atoms with Gasteiger partial charge in [0.15, 0.2) is 0 Å². The molecule has 0 aliphatic heterocycles. The van der Waals surface area contributed by atoms with Crippen LogP contribution in [0.15, 0.2) is 29.3 Å². The highest BCUT2D eigenvalue weighted by atomic mass is 32.2. The number of hydrogen-bond donors (Lipinski definition) is 0. The lowest BCUT2D eigenvalue weighted by molar-refractivity contribution is 0.257. The Bertz CT molecular complexity index is 571. The molecule has 0 radical (unpaired) electrons. The Morgan fingerprint density at radius 1 is 1.29 bits per heavy atom. The maximum atomic E-state index is 11.4. The van der Waals surface area contributed by atoms with Gasteiger partial charge >= 0.3 is 6.03 Å². The molecular formula is C10H10N2O4S. The number of anilines is 1. The molecule has 1 rings (SSSR count). The van der Waals surface area contributed by atoms with Gasteiger partial charge in [0.05, 0.1) is 11.9 Å². The van der Waals surface area contributed by atoms with Gasteiger partial charge in [-0.05, 0) is 19.1 Å². The first kappa shape index (κ1) is 13.1. The summed E-state index contributed by atoms with van der Waals surface area (Å²) in [6, 6.07) is 5.01. The molecule has 6 nitrogen and oxygen atoms in total. The van der Waals surface area contributed by atoms with Crippen LogP contribution in [0.2, 0.25) is 0 Å². The Morgan fingerprint density at radius 2 is 1.82 bits per heavy atom. The summed E-state index contributed by atoms with van der Waals surface area (Å²) in [6.07, 6.45) is 1.87. The number of aryl methyl sites for hydroxylation is 1. The molecule has 0 bridgehead atoms. The molecule has 7 heteroatoms. The van der Waals surface area contributed by atoms with Crippen LogP contribution in [0.25, 0.3) is 0 Å². The Hall–Kier alpha value is -1.98. The molecule has 90 valence electrons. The minimum Gasteiger partial charge on any atom is -0.244 e. The summed E-state index contributed by atoms with van der Waals surface area (Å²) in [6.45, 7) is 1.82. The minimum atomic E-state index is -3.84. The van der Waals surface area contributed by atoms with E-state index in [1.807, 2.05) is 6.92 Å². The highest BCUT2D eigenvalue weighted by Crippen LogP contribution is 2.19. The maximum absolute atomic E-state index is 11.4. The summed E-state index contributed by atoms with van der Waals surface area (Å²) in [7, 11) is -3.84. The Labute approximate surface area is 98.6 Å². The van der Waals surface area contributed by atoms with Crippen LogP contribution < -0.4 is 4.31 Å². The molecule has 0 spiro atoms. The Kier molecular flexibility index (Phi) is 3.77. The van der Waals surface area contributed by atoms with Crippen molar-refractivity contribution in [2.24, 2.45) is 4.99 Å². The number of carbonyl (C=O) groups excluding carboxylic acids is 2. The Balaban J connectivity index is 3.30. The third-order valence-corrected chi connectivity index (χ3v) is 2.95. The number of carbonyl (C=O) groups is 1. The molecule has 0 saturated carbocycles. The Morgan fingerprint density at radius 3 is 2.24 bits per heavy atom. The minimum absolute atomic E-state index is 0.127. The first-order valence-corrected chi connectivity index (χ1v) is 6.40. The number of sulfonamides is 1. The number of rotatable bonds is 2. The summed E-state index contributed by atoms with van der Waals surface area (Å²) in [5.74, 6) is 0. The van der Waals surface area contributed by atoms with E-state index in [1.54, 1.807) is 12.1 Å². The lowest BCUT2D eigenvalue weighted by Crippen LogP contribution is -2.33. The van der Waals surface area contributed by atoms with Gasteiger partial charge in [-0.1, -0.05) is 17.7 Å². The van der Waals surface area contributed by atoms with E-state index in [9.17, 15) is 18.0 Å². The molecule has 0 aromatic heterocycles. The zero-order valence-corrected chi connectivity index (χ0v) is 10.1. The number of amides is 2. The van der Waals surface area contributed by atoms with Crippen LogP contribution in [-0.4, -0.2) is 26.8 Å². The van der Waals surface area contributed by atoms with E-state index in [-0.39, 0.29) is 5.69 Å². The molecule has 17 heavy (non-hydrogen) atoms. The fourth-order valence-corrected chi connectivity index (χ4v) is 2.04. The normalized spacial score (nSPS) is 10.5. The van der Waals surface area contributed by atoms with Crippen molar-refractivity contribution in [1.82, 2.24) is 0 Å². The van der Waals surface area contributed by atoms with Crippen LogP contribution in [0.3, 0.4) is 0 Å². The molecular weight excluding hydrogens is 244 g/mol. The smallest absolute Gasteiger partial charge is 0.244 e. The number of aliphatic imine (C=N–C) groups is 1. The fourth-order valence-electron chi connectivity index (χ4n) is 1.21. The number of nitrogens with zero attached hydrogens (tertiary/aromatic N) is 2. The predicted molar refractivity (Wildman–Crippen MR) is 62.0 cm³/mol. The van der Waals surface area contributed by atoms with Gasteiger partial charge < -0.3 is 0 Å². The van der Waals surface area contributed by atoms with Crippen LogP contribution in [0.5, 0.6) is 0 Å². The third-order valence-electron chi connectivity index (χ3n) is 1.92. The second kappa shape index (κ2) is 4.90. The largest absolute Gasteiger partial charge is 0.372 e. The highest BCUT2D eigenvalue weighted by molar-refractivity contribution is 7.92. The lowest BCUT2D eigenvalue weighted by atomic mass is 10.2. The standard InChI is InChI=1S/C10H10N2O4S/c1-8-3-5-9(6-4-8)12(17(2,15)16)10(14)11-7-13/h3-6H,1-2H3. The molecule has 0 atom stereocenters. The molecule has 0 unspecified atom stereocenters. The summed E-state index contributed by atoms with van der Waals surface area (Å²) < 4.78 is 23.3. The number of isocyanates is 1. The summed E-state index contributed by atoms with van der Waals surface area (Å²) >= 11 is 0. The SMILES string of the molecule is Cc1ccc(N(C(=O)N=C=O)S(C)(=O)=O)cc1. The van der Waals surface area contributed by atoms with Crippen LogP contribution in [0.4, 0.5) is 10.5 Å². The first-order valence-electron chi connectivity index (χ1n) is 4.55. The second-order valence-corrected chi connectivity index (χ2v) is 5.18. The van der Waals surface area contributed by atoms with Gasteiger partial charge in [-0.2, -0.15) is 4.31 Å². The zero-order valence-electron chi connectivity index (χ0n) is 9.25. The van der Waals surface area contributed by atoms with Crippen molar-refractivity contribution in [1.29, 1.82) is 0 Å². The zero-order chi connectivity index (χ0) is 13.1. The van der Waals surface area contributed by atoms with Gasteiger partial charge in [0.2, 0.25) is 16.1 Å². The van der Waals surface area contributed by atoms with Gasteiger partial charge in [0, 0.05) is 0 Å². The molecule has 0 heterocycles. The van der Waals surface area contributed by atoms with Crippen molar-refractivity contribution in [3.63, 3.8) is 0 Å². The van der Waals surface area contributed by atoms with Gasteiger partial charge in [0.25, 0.3) is 0 Å². The molecule has 0 N–H and O–H groups in total. The van der Waals surface area contributed by atoms with Crippen LogP contribution in [0.1, 0.15) is 5.56 Å². The monoisotopic (exact) mass is 254 g/mol. The molecule has 0 aliphatic rings. The number of benzene rings is 1. The number of hydrogen-bond acceptors (Lipinski definition) is 4. The fraction of sp³-hybridized carbons (Fsp3) is 0.200. The van der Waals surface area contributed by atoms with Crippen molar-refractivity contribution in [3.05, 3.63) is 29.8 Å². The van der Waals surface area contributed by atoms with Crippen molar-refractivity contribution in [3.8, 4) is 0 Å². The van der Waals surface area contributed by atoms with Crippen molar-refractivity contribution in [2.75, 3.05) is 10.6 Å². The molecule has 2 amide bonds.